The van der Waals surface area contributed by atoms with Gasteiger partial charge in [0.05, 0.1) is 13.2 Å². The topological polar surface area (TPSA) is 50.8 Å². The molecule has 0 atom stereocenters. The zero-order valence-corrected chi connectivity index (χ0v) is 15.3. The number of benzene rings is 2. The standard InChI is InChI=1S/C19H20N2O3S/c1-4-23-13-8-6-12-7-9-17(24-5-2)15(14(12)10-13)11-16-18(22)21(3)19(25)20-16/h6-11H,4-5H2,1-3H3,(H,20,25). The molecule has 1 amide bonds. The van der Waals surface area contributed by atoms with Gasteiger partial charge in [0.1, 0.15) is 17.2 Å². The number of ether oxygens (including phenoxy) is 2. The summed E-state index contributed by atoms with van der Waals surface area (Å²) in [5.74, 6) is 1.33. The number of amides is 1. The Kier molecular flexibility index (Phi) is 4.90. The van der Waals surface area contributed by atoms with Crippen molar-refractivity contribution in [3.63, 3.8) is 0 Å². The summed E-state index contributed by atoms with van der Waals surface area (Å²) in [5.41, 5.74) is 1.26. The molecule has 0 spiro atoms. The summed E-state index contributed by atoms with van der Waals surface area (Å²) in [6.07, 6.45) is 1.79. The van der Waals surface area contributed by atoms with Gasteiger partial charge in [-0.25, -0.2) is 0 Å². The molecule has 1 aliphatic heterocycles. The summed E-state index contributed by atoms with van der Waals surface area (Å²) in [7, 11) is 1.65. The molecule has 5 nitrogen and oxygen atoms in total. The predicted octanol–water partition coefficient (Wildman–Crippen LogP) is 3.32. The molecule has 1 saturated heterocycles. The zero-order chi connectivity index (χ0) is 18.0. The first-order chi connectivity index (χ1) is 12.0. The van der Waals surface area contributed by atoms with E-state index in [4.69, 9.17) is 21.7 Å². The van der Waals surface area contributed by atoms with Crippen LogP contribution in [0.1, 0.15) is 19.4 Å². The third-order valence-electron chi connectivity index (χ3n) is 3.98. The van der Waals surface area contributed by atoms with E-state index in [2.05, 4.69) is 5.32 Å². The van der Waals surface area contributed by atoms with E-state index in [-0.39, 0.29) is 5.91 Å². The van der Waals surface area contributed by atoms with Crippen molar-refractivity contribution in [3.05, 3.63) is 41.6 Å². The molecule has 0 aliphatic carbocycles. The molecule has 0 radical (unpaired) electrons. The summed E-state index contributed by atoms with van der Waals surface area (Å²) in [6, 6.07) is 9.82. The van der Waals surface area contributed by atoms with E-state index >= 15 is 0 Å². The van der Waals surface area contributed by atoms with Crippen LogP contribution in [0.25, 0.3) is 16.8 Å². The number of hydrogen-bond donors (Lipinski definition) is 1. The Morgan fingerprint density at radius 1 is 1.16 bits per heavy atom. The third-order valence-corrected chi connectivity index (χ3v) is 4.35. The quantitative estimate of drug-likeness (QED) is 0.658. The highest BCUT2D eigenvalue weighted by Gasteiger charge is 2.27. The lowest BCUT2D eigenvalue weighted by Crippen LogP contribution is -2.25. The van der Waals surface area contributed by atoms with Gasteiger partial charge >= 0.3 is 0 Å². The van der Waals surface area contributed by atoms with Crippen LogP contribution in [0.5, 0.6) is 11.5 Å². The van der Waals surface area contributed by atoms with Crippen molar-refractivity contribution in [2.24, 2.45) is 0 Å². The normalized spacial score (nSPS) is 15.8. The molecule has 2 aromatic carbocycles. The van der Waals surface area contributed by atoms with Gasteiger partial charge in [-0.3, -0.25) is 9.69 Å². The van der Waals surface area contributed by atoms with Gasteiger partial charge in [0, 0.05) is 12.6 Å². The van der Waals surface area contributed by atoms with Crippen LogP contribution in [0, 0.1) is 0 Å². The first-order valence-electron chi connectivity index (χ1n) is 8.18. The molecule has 1 fully saturated rings. The summed E-state index contributed by atoms with van der Waals surface area (Å²) in [4.78, 5) is 13.8. The lowest BCUT2D eigenvalue weighted by molar-refractivity contribution is -0.121. The molecule has 1 aliphatic rings. The summed E-state index contributed by atoms with van der Waals surface area (Å²) < 4.78 is 11.4. The van der Waals surface area contributed by atoms with Gasteiger partial charge in [-0.1, -0.05) is 12.1 Å². The van der Waals surface area contributed by atoms with E-state index in [0.29, 0.717) is 29.8 Å². The SMILES string of the molecule is CCOc1ccc2ccc(OCC)c(C=C3NC(=S)N(C)C3=O)c2c1. The van der Waals surface area contributed by atoms with E-state index < -0.39 is 0 Å². The fourth-order valence-electron chi connectivity index (χ4n) is 2.76. The number of carbonyl (C=O) groups excluding carboxylic acids is 1. The summed E-state index contributed by atoms with van der Waals surface area (Å²) in [5, 5.41) is 5.35. The lowest BCUT2D eigenvalue weighted by atomic mass is 10.0. The molecule has 3 rings (SSSR count). The summed E-state index contributed by atoms with van der Waals surface area (Å²) in [6.45, 7) is 5.00. The molecule has 25 heavy (non-hydrogen) atoms. The van der Waals surface area contributed by atoms with Crippen molar-refractivity contribution >= 4 is 40.1 Å². The van der Waals surface area contributed by atoms with Crippen molar-refractivity contribution in [2.45, 2.75) is 13.8 Å². The highest BCUT2D eigenvalue weighted by atomic mass is 32.1. The highest BCUT2D eigenvalue weighted by Crippen LogP contribution is 2.33. The molecule has 1 heterocycles. The third kappa shape index (κ3) is 3.30. The number of nitrogens with zero attached hydrogens (tertiary/aromatic N) is 1. The van der Waals surface area contributed by atoms with Crippen LogP contribution in [-0.2, 0) is 4.79 Å². The van der Waals surface area contributed by atoms with E-state index in [1.165, 1.54) is 4.90 Å². The molecule has 1 N–H and O–H groups in total. The number of rotatable bonds is 5. The first-order valence-corrected chi connectivity index (χ1v) is 8.59. The van der Waals surface area contributed by atoms with Crippen LogP contribution in [0.3, 0.4) is 0 Å². The number of hydrogen-bond acceptors (Lipinski definition) is 4. The minimum absolute atomic E-state index is 0.162. The van der Waals surface area contributed by atoms with Crippen molar-refractivity contribution in [3.8, 4) is 11.5 Å². The first kappa shape index (κ1) is 17.2. The van der Waals surface area contributed by atoms with Gasteiger partial charge < -0.3 is 14.8 Å². The molecule has 0 bridgehead atoms. The average molecular weight is 356 g/mol. The van der Waals surface area contributed by atoms with Gasteiger partial charge in [0.2, 0.25) is 0 Å². The Bertz CT molecular complexity index is 871. The van der Waals surface area contributed by atoms with Crippen molar-refractivity contribution in [2.75, 3.05) is 20.3 Å². The van der Waals surface area contributed by atoms with Crippen LogP contribution in [0.2, 0.25) is 0 Å². The maximum Gasteiger partial charge on any atom is 0.276 e. The molecular formula is C19H20N2O3S. The largest absolute Gasteiger partial charge is 0.494 e. The van der Waals surface area contributed by atoms with Gasteiger partial charge in [-0.2, -0.15) is 0 Å². The zero-order valence-electron chi connectivity index (χ0n) is 14.5. The molecule has 0 aromatic heterocycles. The van der Waals surface area contributed by atoms with Crippen molar-refractivity contribution < 1.29 is 14.3 Å². The molecular weight excluding hydrogens is 336 g/mol. The molecule has 130 valence electrons. The Balaban J connectivity index is 2.19. The van der Waals surface area contributed by atoms with E-state index in [0.717, 1.165) is 22.1 Å². The number of likely N-dealkylation sites (N-methyl/N-ethyl adjacent to an activating group) is 1. The van der Waals surface area contributed by atoms with E-state index in [1.54, 1.807) is 13.1 Å². The van der Waals surface area contributed by atoms with Gasteiger partial charge in [0.25, 0.3) is 5.91 Å². The van der Waals surface area contributed by atoms with Crippen LogP contribution < -0.4 is 14.8 Å². The molecule has 0 saturated carbocycles. The lowest BCUT2D eigenvalue weighted by Gasteiger charge is -2.13. The second kappa shape index (κ2) is 7.11. The number of fused-ring (bicyclic) bond motifs is 1. The van der Waals surface area contributed by atoms with Crippen LogP contribution in [-0.4, -0.2) is 36.2 Å². The van der Waals surface area contributed by atoms with Crippen molar-refractivity contribution in [1.82, 2.24) is 10.2 Å². The maximum atomic E-state index is 12.3. The molecule has 2 aromatic rings. The van der Waals surface area contributed by atoms with Gasteiger partial charge in [-0.05, 0) is 61.1 Å². The predicted molar refractivity (Wildman–Crippen MR) is 103 cm³/mol. The fourth-order valence-corrected chi connectivity index (χ4v) is 2.95. The Morgan fingerprint density at radius 3 is 2.52 bits per heavy atom. The second-order valence-electron chi connectivity index (χ2n) is 5.58. The maximum absolute atomic E-state index is 12.3. The van der Waals surface area contributed by atoms with Crippen LogP contribution in [0.15, 0.2) is 36.0 Å². The van der Waals surface area contributed by atoms with Crippen LogP contribution in [0.4, 0.5) is 0 Å². The minimum atomic E-state index is -0.162. The average Bonchev–Trinajstić information content (AvgIpc) is 2.84. The van der Waals surface area contributed by atoms with Gasteiger partial charge in [-0.15, -0.1) is 0 Å². The highest BCUT2D eigenvalue weighted by molar-refractivity contribution is 7.80. The minimum Gasteiger partial charge on any atom is -0.494 e. The van der Waals surface area contributed by atoms with E-state index in [1.807, 2.05) is 44.2 Å². The number of thiocarbonyl (C=S) groups is 1. The Morgan fingerprint density at radius 2 is 1.88 bits per heavy atom. The Hall–Kier alpha value is -2.60. The fraction of sp³-hybridized carbons (Fsp3) is 0.263. The monoisotopic (exact) mass is 356 g/mol. The number of nitrogens with one attached hydrogen (secondary N) is 1. The van der Waals surface area contributed by atoms with E-state index in [9.17, 15) is 4.79 Å². The van der Waals surface area contributed by atoms with Crippen molar-refractivity contribution in [1.29, 1.82) is 0 Å². The number of carbonyl (C=O) groups is 1. The second-order valence-corrected chi connectivity index (χ2v) is 5.97. The molecule has 0 unspecified atom stereocenters. The molecule has 6 heteroatoms. The van der Waals surface area contributed by atoms with Gasteiger partial charge in [0.15, 0.2) is 5.11 Å². The Labute approximate surface area is 152 Å². The smallest absolute Gasteiger partial charge is 0.276 e. The van der Waals surface area contributed by atoms with Crippen LogP contribution >= 0.6 is 12.2 Å². The summed E-state index contributed by atoms with van der Waals surface area (Å²) >= 11 is 5.15.